The first kappa shape index (κ1) is 32.8. The van der Waals surface area contributed by atoms with Crippen molar-refractivity contribution < 1.29 is 33.3 Å². The number of aromatic nitrogens is 1. The van der Waals surface area contributed by atoms with Crippen LogP contribution in [0.3, 0.4) is 0 Å². The lowest BCUT2D eigenvalue weighted by Crippen LogP contribution is -2.45. The van der Waals surface area contributed by atoms with Gasteiger partial charge in [-0.2, -0.15) is 0 Å². The van der Waals surface area contributed by atoms with Crippen molar-refractivity contribution in [3.63, 3.8) is 0 Å². The molecular formula is C40H37N3O7. The number of likely N-dealkylation sites (N-methyl/N-ethyl adjacent to an activating group) is 1. The van der Waals surface area contributed by atoms with E-state index in [4.69, 9.17) is 18.9 Å². The molecule has 1 aromatic heterocycles. The SMILES string of the molecule is COc1ccc2c(c1)c(/C=C1\Oc3cc(OC(=O)c4ccccc4)cc(OC(=O)c4ccccc4)c3C1=O)c(C)n2CCN1CCN(C)CC1. The van der Waals surface area contributed by atoms with Gasteiger partial charge in [-0.15, -0.1) is 0 Å². The summed E-state index contributed by atoms with van der Waals surface area (Å²) in [4.78, 5) is 45.0. The Morgan fingerprint density at radius 1 is 0.800 bits per heavy atom. The number of piperazine rings is 1. The maximum Gasteiger partial charge on any atom is 0.343 e. The van der Waals surface area contributed by atoms with E-state index >= 15 is 0 Å². The van der Waals surface area contributed by atoms with Gasteiger partial charge in [0.05, 0.1) is 18.2 Å². The lowest BCUT2D eigenvalue weighted by Gasteiger charge is -2.32. The molecule has 5 aromatic rings. The van der Waals surface area contributed by atoms with E-state index < -0.39 is 17.7 Å². The molecule has 3 heterocycles. The Labute approximate surface area is 290 Å². The maximum atomic E-state index is 14.1. The zero-order valence-electron chi connectivity index (χ0n) is 28.2. The largest absolute Gasteiger partial charge is 0.497 e. The number of esters is 2. The first-order valence-corrected chi connectivity index (χ1v) is 16.5. The third-order valence-corrected chi connectivity index (χ3v) is 9.23. The fourth-order valence-corrected chi connectivity index (χ4v) is 6.39. The molecule has 7 rings (SSSR count). The van der Waals surface area contributed by atoms with Crippen molar-refractivity contribution in [3.8, 4) is 23.0 Å². The van der Waals surface area contributed by atoms with E-state index in [2.05, 4.69) is 21.4 Å². The standard InChI is InChI=1S/C40H37N3O7/c1-26-31(32-22-29(47-3)14-15-33(32)43(26)21-20-42-18-16-41(2)17-19-42)25-36-38(44)37-34(49-36)23-30(48-39(45)27-10-6-4-7-11-27)24-35(37)50-40(46)28-12-8-5-9-13-28/h4-15,22-25H,16-21H2,1-3H3/b36-25-. The summed E-state index contributed by atoms with van der Waals surface area (Å²) in [6, 6.07) is 25.7. The highest BCUT2D eigenvalue weighted by atomic mass is 16.6. The molecule has 254 valence electrons. The van der Waals surface area contributed by atoms with Crippen LogP contribution >= 0.6 is 0 Å². The number of carbonyl (C=O) groups is 3. The molecule has 0 bridgehead atoms. The number of carbonyl (C=O) groups excluding carboxylic acids is 3. The first-order chi connectivity index (χ1) is 24.3. The molecule has 0 aliphatic carbocycles. The van der Waals surface area contributed by atoms with E-state index in [-0.39, 0.29) is 28.6 Å². The summed E-state index contributed by atoms with van der Waals surface area (Å²) < 4.78 is 25.5. The molecule has 1 fully saturated rings. The van der Waals surface area contributed by atoms with Crippen molar-refractivity contribution in [1.29, 1.82) is 0 Å². The number of hydrogen-bond donors (Lipinski definition) is 0. The maximum absolute atomic E-state index is 14.1. The molecule has 0 radical (unpaired) electrons. The van der Waals surface area contributed by atoms with Crippen LogP contribution in [0.15, 0.2) is 96.8 Å². The van der Waals surface area contributed by atoms with E-state index in [0.29, 0.717) is 16.9 Å². The Balaban J connectivity index is 1.25. The molecule has 1 saturated heterocycles. The molecule has 0 saturated carbocycles. The number of Topliss-reactive ketones (excluding diaryl/α,β-unsaturated/α-hetero) is 1. The van der Waals surface area contributed by atoms with Crippen molar-refractivity contribution in [2.75, 3.05) is 46.9 Å². The van der Waals surface area contributed by atoms with Gasteiger partial charge in [-0.05, 0) is 62.5 Å². The molecule has 0 spiro atoms. The van der Waals surface area contributed by atoms with E-state index in [1.165, 1.54) is 12.1 Å². The number of hydrogen-bond acceptors (Lipinski definition) is 9. The Morgan fingerprint density at radius 2 is 1.46 bits per heavy atom. The van der Waals surface area contributed by atoms with Crippen LogP contribution in [0.4, 0.5) is 0 Å². The summed E-state index contributed by atoms with van der Waals surface area (Å²) in [5.41, 5.74) is 3.49. The van der Waals surface area contributed by atoms with Crippen molar-refractivity contribution >= 4 is 34.7 Å². The molecule has 50 heavy (non-hydrogen) atoms. The van der Waals surface area contributed by atoms with E-state index in [0.717, 1.165) is 61.4 Å². The number of rotatable bonds is 9. The van der Waals surface area contributed by atoms with Gasteiger partial charge >= 0.3 is 11.9 Å². The van der Waals surface area contributed by atoms with Gasteiger partial charge in [-0.1, -0.05) is 36.4 Å². The van der Waals surface area contributed by atoms with Crippen LogP contribution in [-0.4, -0.2) is 79.0 Å². The third-order valence-electron chi connectivity index (χ3n) is 9.23. The minimum absolute atomic E-state index is 0.0487. The van der Waals surface area contributed by atoms with Crippen molar-refractivity contribution in [2.45, 2.75) is 13.5 Å². The molecule has 0 atom stereocenters. The first-order valence-electron chi connectivity index (χ1n) is 16.5. The minimum Gasteiger partial charge on any atom is -0.497 e. The third kappa shape index (κ3) is 6.63. The predicted octanol–water partition coefficient (Wildman–Crippen LogP) is 6.26. The molecule has 0 N–H and O–H groups in total. The normalized spacial score (nSPS) is 15.6. The van der Waals surface area contributed by atoms with Gasteiger partial charge in [0.25, 0.3) is 0 Å². The minimum atomic E-state index is -0.670. The summed E-state index contributed by atoms with van der Waals surface area (Å²) in [6.07, 6.45) is 1.73. The molecule has 4 aromatic carbocycles. The fourth-order valence-electron chi connectivity index (χ4n) is 6.39. The Kier molecular flexibility index (Phi) is 9.21. The van der Waals surface area contributed by atoms with Crippen LogP contribution in [0, 0.1) is 6.92 Å². The van der Waals surface area contributed by atoms with Crippen LogP contribution in [0.1, 0.15) is 42.3 Å². The zero-order chi connectivity index (χ0) is 34.8. The van der Waals surface area contributed by atoms with Crippen molar-refractivity contribution in [3.05, 3.63) is 125 Å². The Morgan fingerprint density at radius 3 is 2.12 bits per heavy atom. The number of fused-ring (bicyclic) bond motifs is 2. The smallest absolute Gasteiger partial charge is 0.343 e. The molecular weight excluding hydrogens is 634 g/mol. The van der Waals surface area contributed by atoms with Crippen LogP contribution in [0.5, 0.6) is 23.0 Å². The number of nitrogens with zero attached hydrogens (tertiary/aromatic N) is 3. The summed E-state index contributed by atoms with van der Waals surface area (Å²) in [7, 11) is 3.77. The molecule has 10 nitrogen and oxygen atoms in total. The highest BCUT2D eigenvalue weighted by Gasteiger charge is 2.34. The molecule has 10 heteroatoms. The topological polar surface area (TPSA) is 99.5 Å². The van der Waals surface area contributed by atoms with Crippen LogP contribution in [0.2, 0.25) is 0 Å². The summed E-state index contributed by atoms with van der Waals surface area (Å²) in [5, 5.41) is 0.910. The second kappa shape index (κ2) is 14.0. The van der Waals surface area contributed by atoms with E-state index in [1.807, 2.05) is 25.1 Å². The summed E-state index contributed by atoms with van der Waals surface area (Å²) >= 11 is 0. The second-order valence-corrected chi connectivity index (χ2v) is 12.4. The van der Waals surface area contributed by atoms with Gasteiger partial charge < -0.3 is 28.4 Å². The van der Waals surface area contributed by atoms with Gasteiger partial charge in [0.2, 0.25) is 5.78 Å². The summed E-state index contributed by atoms with van der Waals surface area (Å²) in [5.74, 6) is -0.904. The average molecular weight is 672 g/mol. The Hall–Kier alpha value is -5.71. The highest BCUT2D eigenvalue weighted by Crippen LogP contribution is 2.43. The van der Waals surface area contributed by atoms with Gasteiger partial charge in [0.1, 0.15) is 28.6 Å². The number of ketones is 1. The van der Waals surface area contributed by atoms with Crippen molar-refractivity contribution in [2.24, 2.45) is 0 Å². The number of allylic oxidation sites excluding steroid dienone is 1. The quantitative estimate of drug-likeness (QED) is 0.102. The lowest BCUT2D eigenvalue weighted by atomic mass is 10.1. The van der Waals surface area contributed by atoms with Gasteiger partial charge in [-0.3, -0.25) is 9.69 Å². The van der Waals surface area contributed by atoms with E-state index in [9.17, 15) is 14.4 Å². The molecule has 0 unspecified atom stereocenters. The van der Waals surface area contributed by atoms with Crippen LogP contribution < -0.4 is 18.9 Å². The fraction of sp³-hybridized carbons (Fsp3) is 0.225. The number of ether oxygens (including phenoxy) is 4. The molecule has 2 aliphatic heterocycles. The van der Waals surface area contributed by atoms with E-state index in [1.54, 1.807) is 73.8 Å². The van der Waals surface area contributed by atoms with Crippen LogP contribution in [0.25, 0.3) is 17.0 Å². The zero-order valence-corrected chi connectivity index (χ0v) is 28.2. The van der Waals surface area contributed by atoms with Gasteiger partial charge in [-0.25, -0.2) is 9.59 Å². The molecule has 2 aliphatic rings. The lowest BCUT2D eigenvalue weighted by molar-refractivity contribution is 0.0732. The predicted molar refractivity (Wildman–Crippen MR) is 189 cm³/mol. The Bertz CT molecular complexity index is 2110. The van der Waals surface area contributed by atoms with Crippen molar-refractivity contribution in [1.82, 2.24) is 14.4 Å². The molecule has 0 amide bonds. The number of benzene rings is 4. The second-order valence-electron chi connectivity index (χ2n) is 12.4. The van der Waals surface area contributed by atoms with Crippen LogP contribution in [-0.2, 0) is 6.54 Å². The summed E-state index contributed by atoms with van der Waals surface area (Å²) in [6.45, 7) is 7.79. The monoisotopic (exact) mass is 671 g/mol. The number of methoxy groups -OCH3 is 1. The highest BCUT2D eigenvalue weighted by molar-refractivity contribution is 6.17. The van der Waals surface area contributed by atoms with Gasteiger partial charge in [0, 0.05) is 73.6 Å². The average Bonchev–Trinajstić information content (AvgIpc) is 3.59. The van der Waals surface area contributed by atoms with Gasteiger partial charge in [0.15, 0.2) is 5.76 Å².